The number of nitrogens with one attached hydrogen (secondary N) is 6. The first-order valence-corrected chi connectivity index (χ1v) is 41.0. The number of aromatic nitrogens is 6. The number of carbonyl (C=O) groups excluding carboxylic acids is 5. The van der Waals surface area contributed by atoms with Crippen molar-refractivity contribution in [2.24, 2.45) is 41.2 Å². The second-order valence-electron chi connectivity index (χ2n) is 32.0. The molecule has 1 aromatic carbocycles. The molecule has 0 bridgehead atoms. The smallest absolute Gasteiger partial charge is 0.321 e. The first kappa shape index (κ1) is 87.2. The van der Waals surface area contributed by atoms with Crippen LogP contribution in [0.3, 0.4) is 0 Å². The summed E-state index contributed by atoms with van der Waals surface area (Å²) in [4.78, 5) is 101. The van der Waals surface area contributed by atoms with Gasteiger partial charge < -0.3 is 60.1 Å². The lowest BCUT2D eigenvalue weighted by Gasteiger charge is -2.39. The number of aromatic amines is 5. The molecule has 604 valence electrons. The lowest BCUT2D eigenvalue weighted by atomic mass is 9.85. The van der Waals surface area contributed by atoms with Crippen molar-refractivity contribution >= 4 is 66.1 Å². The lowest BCUT2D eigenvalue weighted by Crippen LogP contribution is -2.55. The Balaban J connectivity index is 0.000000156. The van der Waals surface area contributed by atoms with E-state index in [2.05, 4.69) is 104 Å². The van der Waals surface area contributed by atoms with Crippen LogP contribution in [0, 0.1) is 79.0 Å². The van der Waals surface area contributed by atoms with Gasteiger partial charge >= 0.3 is 18.1 Å². The Hall–Kier alpha value is -8.76. The van der Waals surface area contributed by atoms with Crippen LogP contribution >= 0.6 is 36.2 Å². The molecule has 6 unspecified atom stereocenters. The molecule has 112 heavy (non-hydrogen) atoms. The Morgan fingerprint density at radius 3 is 1.12 bits per heavy atom. The highest BCUT2D eigenvalue weighted by Crippen LogP contribution is 2.34. The van der Waals surface area contributed by atoms with Gasteiger partial charge in [-0.25, -0.2) is 24.2 Å². The van der Waals surface area contributed by atoms with Crippen molar-refractivity contribution in [3.05, 3.63) is 157 Å². The molecule has 14 rings (SSSR count). The van der Waals surface area contributed by atoms with Gasteiger partial charge in [0.1, 0.15) is 0 Å². The topological polar surface area (TPSA) is 319 Å². The summed E-state index contributed by atoms with van der Waals surface area (Å²) in [6.07, 6.45) is 46.3. The predicted molar refractivity (Wildman–Crippen MR) is 442 cm³/mol. The van der Waals surface area contributed by atoms with E-state index in [1.54, 1.807) is 60.0 Å². The van der Waals surface area contributed by atoms with Gasteiger partial charge in [0.25, 0.3) is 11.8 Å². The van der Waals surface area contributed by atoms with E-state index in [4.69, 9.17) is 57.7 Å². The summed E-state index contributed by atoms with van der Waals surface area (Å²) in [5, 5.41) is 26.1. The summed E-state index contributed by atoms with van der Waals surface area (Å²) in [5.74, 6) is 3.09. The van der Waals surface area contributed by atoms with Crippen LogP contribution in [0.5, 0.6) is 0 Å². The van der Waals surface area contributed by atoms with E-state index in [0.717, 1.165) is 152 Å². The predicted octanol–water partition coefficient (Wildman–Crippen LogP) is 13.9. The Bertz CT molecular complexity index is 4150. The minimum absolute atomic E-state index is 0.0798. The number of fused-ring (bicyclic) bond motifs is 1. The second-order valence-corrected chi connectivity index (χ2v) is 33.1. The Morgan fingerprint density at radius 1 is 0.464 bits per heavy atom. The molecule has 8 amide bonds. The molecule has 3 fully saturated rings. The zero-order valence-corrected chi connectivity index (χ0v) is 69.0. The van der Waals surface area contributed by atoms with Crippen molar-refractivity contribution in [2.45, 2.75) is 154 Å². The van der Waals surface area contributed by atoms with Crippen molar-refractivity contribution in [1.29, 1.82) is 15.8 Å². The van der Waals surface area contributed by atoms with Gasteiger partial charge in [0.15, 0.2) is 9.54 Å². The minimum Gasteiger partial charge on any atom is -0.348 e. The number of halogens is 1. The number of nitrogens with zero attached hydrogens (tertiary/aromatic N) is 14. The van der Waals surface area contributed by atoms with E-state index < -0.39 is 0 Å². The minimum atomic E-state index is -0.209. The highest BCUT2D eigenvalue weighted by Gasteiger charge is 2.37. The van der Waals surface area contributed by atoms with Crippen LogP contribution in [0.1, 0.15) is 173 Å². The quantitative estimate of drug-likeness (QED) is 0.0187. The Labute approximate surface area is 677 Å². The van der Waals surface area contributed by atoms with Gasteiger partial charge in [-0.3, -0.25) is 29.2 Å². The summed E-state index contributed by atoms with van der Waals surface area (Å²) >= 11 is 15.5. The number of allylic oxidation sites excluding steroid dienone is 6. The number of nitriles is 3. The van der Waals surface area contributed by atoms with Gasteiger partial charge in [0.2, 0.25) is 0 Å². The highest BCUT2D eigenvalue weighted by atomic mass is 35.5. The zero-order chi connectivity index (χ0) is 80.1. The average Bonchev–Trinajstić information content (AvgIpc) is 1.63. The molecular formula is C83H118ClN21O5S2. The third kappa shape index (κ3) is 27.2. The van der Waals surface area contributed by atoms with E-state index in [1.165, 1.54) is 75.5 Å². The number of hydrogen-bond donors (Lipinski definition) is 7. The summed E-state index contributed by atoms with van der Waals surface area (Å²) in [6.45, 7) is 8.83. The first-order chi connectivity index (χ1) is 54.1. The molecule has 7 heterocycles. The van der Waals surface area contributed by atoms with Crippen LogP contribution in [0.2, 0.25) is 0 Å². The monoisotopic (exact) mass is 1590 g/mol. The maximum Gasteiger partial charge on any atom is 0.321 e. The molecule has 6 aliphatic carbocycles. The van der Waals surface area contributed by atoms with Crippen LogP contribution in [0.25, 0.3) is 0 Å². The molecule has 8 N–H and O–H groups in total. The van der Waals surface area contributed by atoms with Crippen LogP contribution in [-0.4, -0.2) is 230 Å². The molecule has 3 saturated heterocycles. The van der Waals surface area contributed by atoms with E-state index >= 15 is 0 Å². The van der Waals surface area contributed by atoms with Crippen LogP contribution in [-0.2, 0) is 19.3 Å². The number of nitrogens with two attached hydrogens (primary N) is 1. The van der Waals surface area contributed by atoms with Gasteiger partial charge in [0, 0.05) is 130 Å². The fourth-order valence-corrected chi connectivity index (χ4v) is 17.6. The Morgan fingerprint density at radius 2 is 0.786 bits per heavy atom. The van der Waals surface area contributed by atoms with Crippen molar-refractivity contribution in [3.8, 4) is 18.2 Å². The third-order valence-corrected chi connectivity index (χ3v) is 23.0. The van der Waals surface area contributed by atoms with Gasteiger partial charge in [-0.1, -0.05) is 82.0 Å². The number of H-pyrrole nitrogens is 5. The van der Waals surface area contributed by atoms with E-state index in [0.29, 0.717) is 118 Å². The van der Waals surface area contributed by atoms with Gasteiger partial charge in [-0.05, 0) is 219 Å². The van der Waals surface area contributed by atoms with Crippen LogP contribution in [0.15, 0.2) is 119 Å². The third-order valence-electron chi connectivity index (χ3n) is 22.4. The molecular weight excluding hydrogens is 1470 g/mol. The number of imidazole rings is 3. The SMILES string of the molecule is CN1CN(CC2=CCCC(CC#N)C2)CN(C)C1=O.CN1CN(CC2=CCCC(Cc3c[nH]c(=S)[nH]3)C2)CN(C)C1=O.CN1CN(CC2=CCCC(Cc3cnc[nH]3)C2)CN(C)C1=O.N#CCC1CCC=C(CN2C(=O)c3ccccc3C2=O)C1.N#CCC1CCC=C(CNCl)C1.NCC1=CCCC(Cc2c[nH]c(=S)[nH]2)C1. The molecule has 4 aromatic rings. The molecule has 3 aromatic heterocycles. The fourth-order valence-electron chi connectivity index (χ4n) is 17.0. The summed E-state index contributed by atoms with van der Waals surface area (Å²) in [5.41, 5.74) is 18.5. The zero-order valence-electron chi connectivity index (χ0n) is 66.6. The van der Waals surface area contributed by atoms with Crippen molar-refractivity contribution in [1.82, 2.24) is 83.7 Å². The van der Waals surface area contributed by atoms with Crippen molar-refractivity contribution < 1.29 is 24.0 Å². The Kier molecular flexibility index (Phi) is 34.7. The van der Waals surface area contributed by atoms with Gasteiger partial charge in [-0.2, -0.15) is 15.8 Å². The second kappa shape index (κ2) is 44.6. The molecule has 26 nitrogen and oxygen atoms in total. The molecule has 0 saturated carbocycles. The van der Waals surface area contributed by atoms with E-state index in [9.17, 15) is 24.0 Å². The number of rotatable bonds is 20. The summed E-state index contributed by atoms with van der Waals surface area (Å²) in [7, 11) is 11.1. The molecule has 29 heteroatoms. The van der Waals surface area contributed by atoms with E-state index in [-0.39, 0.29) is 29.9 Å². The van der Waals surface area contributed by atoms with E-state index in [1.807, 2.05) is 60.9 Å². The van der Waals surface area contributed by atoms with Crippen molar-refractivity contribution in [3.63, 3.8) is 0 Å². The first-order valence-electron chi connectivity index (χ1n) is 39.8. The molecule has 0 radical (unpaired) electrons. The molecule has 6 atom stereocenters. The molecule has 10 aliphatic rings. The summed E-state index contributed by atoms with van der Waals surface area (Å²) < 4.78 is 1.42. The van der Waals surface area contributed by atoms with Gasteiger partial charge in [0.05, 0.1) is 82.2 Å². The number of amides is 8. The standard InChI is InChI=1S/C17H16N2O2.C16H25N5OS.C16H25N5O.C14H22N4O.C11H17N3S.C9H13ClN2/c18-9-8-12-4-3-5-13(10-12)11-19-16(20)14-6-1-2-7-15(14)17(19)21;1-19-10-21(11-20(2)16(19)22)9-13-5-3-4-12(6-13)7-14-8-17-15(23)18-14;1-19-11-21(12-20(2)16(19)22)9-14-5-3-4-13(6-14)7-15-8-17-10-18-15;1-16-10-18(11-17(2)14(16)19)9-13-5-3-4-12(8-13)6-7-15;12-6-9-3-1-2-8(4-9)5-10-7-13-11(15)14-10;10-12-7-9-3-1-2-8(6-9)4-5-11/h1-2,5-7,12H,3-4,8,10-11H2;5,8,12H,3-4,6-7,9-11H2,1-2H3,(H2,17,18,23);5,8,10,13H,3-4,6-7,9,11-12H2,1-2H3,(H,17,18);5,12H,3-4,6,8-11H2,1-2H3;3,7-8H,1-2,4-6,12H2,(H2,13,14,15);3,8,12H,1-2,4,6-7H2. The fraction of sp³-hybridized carbons (Fsp3) is 0.578. The maximum atomic E-state index is 12.3. The number of imide groups is 1. The van der Waals surface area contributed by atoms with Crippen LogP contribution < -0.4 is 10.6 Å². The molecule has 0 spiro atoms. The maximum absolute atomic E-state index is 12.3. The number of urea groups is 3. The average molecular weight is 1590 g/mol. The number of hydrogen-bond acceptors (Lipinski definition) is 16. The number of benzene rings is 1. The van der Waals surface area contributed by atoms with Gasteiger partial charge in [-0.15, -0.1) is 0 Å². The highest BCUT2D eigenvalue weighted by molar-refractivity contribution is 7.71. The molecule has 4 aliphatic heterocycles. The largest absolute Gasteiger partial charge is 0.348 e. The van der Waals surface area contributed by atoms with Crippen LogP contribution in [0.4, 0.5) is 14.4 Å². The summed E-state index contributed by atoms with van der Waals surface area (Å²) in [6, 6.07) is 13.9. The normalized spacial score (nSPS) is 23.0. The number of carbonyl (C=O) groups is 5. The lowest BCUT2D eigenvalue weighted by molar-refractivity contribution is 0.0601. The van der Waals surface area contributed by atoms with Crippen molar-refractivity contribution in [2.75, 3.05) is 122 Å².